The lowest BCUT2D eigenvalue weighted by Crippen LogP contribution is -2.48. The summed E-state index contributed by atoms with van der Waals surface area (Å²) < 4.78 is 0. The van der Waals surface area contributed by atoms with Gasteiger partial charge in [0.05, 0.1) is 6.04 Å². The second kappa shape index (κ2) is 7.33. The number of likely N-dealkylation sites (N-methyl/N-ethyl adjacent to an activating group) is 1. The number of para-hydroxylation sites is 1. The van der Waals surface area contributed by atoms with Gasteiger partial charge < -0.3 is 15.1 Å². The van der Waals surface area contributed by atoms with Gasteiger partial charge in [0.1, 0.15) is 5.69 Å². The van der Waals surface area contributed by atoms with Crippen molar-refractivity contribution >= 4 is 34.0 Å². The van der Waals surface area contributed by atoms with Crippen molar-refractivity contribution in [2.75, 3.05) is 30.9 Å². The Morgan fingerprint density at radius 2 is 2.12 bits per heavy atom. The number of carbonyl (C=O) groups is 2. The Labute approximate surface area is 151 Å². The monoisotopic (exact) mass is 358 g/mol. The number of amides is 2. The SMILES string of the molecule is CC(=O)Nc1nc(C(=O)N2c3ccccc3CCC2CN(C)C)cs1. The first-order valence-electron chi connectivity index (χ1n) is 8.25. The first-order valence-corrected chi connectivity index (χ1v) is 9.13. The molecule has 132 valence electrons. The molecular weight excluding hydrogens is 336 g/mol. The fourth-order valence-corrected chi connectivity index (χ4v) is 3.91. The van der Waals surface area contributed by atoms with Crippen LogP contribution >= 0.6 is 11.3 Å². The molecule has 0 fully saturated rings. The van der Waals surface area contributed by atoms with E-state index in [0.717, 1.165) is 25.1 Å². The quantitative estimate of drug-likeness (QED) is 0.912. The first kappa shape index (κ1) is 17.6. The molecule has 0 bridgehead atoms. The van der Waals surface area contributed by atoms with Crippen LogP contribution in [-0.4, -0.2) is 48.4 Å². The Balaban J connectivity index is 1.93. The number of hydrogen-bond acceptors (Lipinski definition) is 5. The minimum absolute atomic E-state index is 0.100. The molecule has 1 aromatic carbocycles. The zero-order valence-electron chi connectivity index (χ0n) is 14.7. The molecule has 1 aliphatic heterocycles. The number of aromatic nitrogens is 1. The summed E-state index contributed by atoms with van der Waals surface area (Å²) in [5, 5.41) is 4.79. The fourth-order valence-electron chi connectivity index (χ4n) is 3.18. The number of carbonyl (C=O) groups excluding carboxylic acids is 2. The maximum atomic E-state index is 13.2. The molecule has 3 rings (SSSR count). The van der Waals surface area contributed by atoms with Crippen molar-refractivity contribution in [3.8, 4) is 0 Å². The highest BCUT2D eigenvalue weighted by Crippen LogP contribution is 2.32. The average Bonchev–Trinajstić information content (AvgIpc) is 3.01. The fraction of sp³-hybridized carbons (Fsp3) is 0.389. The van der Waals surface area contributed by atoms with Crippen molar-refractivity contribution in [2.24, 2.45) is 0 Å². The first-order chi connectivity index (χ1) is 12.0. The number of rotatable bonds is 4. The minimum Gasteiger partial charge on any atom is -0.307 e. The molecule has 7 heteroatoms. The number of aryl methyl sites for hydroxylation is 1. The molecule has 0 saturated heterocycles. The number of anilines is 2. The van der Waals surface area contributed by atoms with Crippen LogP contribution in [0.5, 0.6) is 0 Å². The van der Waals surface area contributed by atoms with Crippen molar-refractivity contribution in [3.05, 3.63) is 40.9 Å². The summed E-state index contributed by atoms with van der Waals surface area (Å²) in [7, 11) is 4.03. The van der Waals surface area contributed by atoms with Gasteiger partial charge in [-0.2, -0.15) is 0 Å². The third-order valence-corrected chi connectivity index (χ3v) is 4.92. The summed E-state index contributed by atoms with van der Waals surface area (Å²) in [4.78, 5) is 32.6. The lowest BCUT2D eigenvalue weighted by atomic mass is 9.95. The second-order valence-corrected chi connectivity index (χ2v) is 7.34. The zero-order valence-corrected chi connectivity index (χ0v) is 15.5. The normalized spacial score (nSPS) is 16.6. The second-order valence-electron chi connectivity index (χ2n) is 6.48. The van der Waals surface area contributed by atoms with E-state index < -0.39 is 0 Å². The molecule has 1 aromatic heterocycles. The summed E-state index contributed by atoms with van der Waals surface area (Å²) in [6, 6.07) is 8.14. The van der Waals surface area contributed by atoms with Gasteiger partial charge in [-0.1, -0.05) is 18.2 Å². The van der Waals surface area contributed by atoms with Gasteiger partial charge in [0.15, 0.2) is 5.13 Å². The standard InChI is InChI=1S/C18H22N4O2S/c1-12(23)19-18-20-15(11-25-18)17(24)22-14(10-21(2)3)9-8-13-6-4-5-7-16(13)22/h4-7,11,14H,8-10H2,1-3H3,(H,19,20,23). The maximum Gasteiger partial charge on any atom is 0.278 e. The molecule has 2 heterocycles. The molecule has 1 atom stereocenters. The molecule has 0 spiro atoms. The average molecular weight is 358 g/mol. The van der Waals surface area contributed by atoms with Crippen molar-refractivity contribution < 1.29 is 9.59 Å². The molecule has 1 N–H and O–H groups in total. The van der Waals surface area contributed by atoms with Crippen LogP contribution in [0.4, 0.5) is 10.8 Å². The Bertz CT molecular complexity index is 787. The Hall–Kier alpha value is -2.25. The van der Waals surface area contributed by atoms with E-state index in [4.69, 9.17) is 0 Å². The van der Waals surface area contributed by atoms with Gasteiger partial charge in [-0.05, 0) is 38.6 Å². The highest BCUT2D eigenvalue weighted by molar-refractivity contribution is 7.14. The van der Waals surface area contributed by atoms with Crippen molar-refractivity contribution in [3.63, 3.8) is 0 Å². The van der Waals surface area contributed by atoms with Gasteiger partial charge in [0.2, 0.25) is 5.91 Å². The molecule has 6 nitrogen and oxygen atoms in total. The molecule has 0 saturated carbocycles. The van der Waals surface area contributed by atoms with Crippen LogP contribution in [0.3, 0.4) is 0 Å². The third kappa shape index (κ3) is 3.88. The molecule has 1 aliphatic rings. The Kier molecular flexibility index (Phi) is 5.15. The predicted octanol–water partition coefficient (Wildman–Crippen LogP) is 2.62. The van der Waals surface area contributed by atoms with Gasteiger partial charge in [0, 0.05) is 24.5 Å². The van der Waals surface area contributed by atoms with Gasteiger partial charge in [-0.3, -0.25) is 9.59 Å². The van der Waals surface area contributed by atoms with Crippen LogP contribution in [0.15, 0.2) is 29.6 Å². The van der Waals surface area contributed by atoms with Crippen LogP contribution in [-0.2, 0) is 11.2 Å². The number of thiazole rings is 1. The van der Waals surface area contributed by atoms with Crippen LogP contribution in [0.25, 0.3) is 0 Å². The van der Waals surface area contributed by atoms with Gasteiger partial charge in [-0.15, -0.1) is 11.3 Å². The number of hydrogen-bond donors (Lipinski definition) is 1. The molecule has 0 aliphatic carbocycles. The molecule has 2 amide bonds. The summed E-state index contributed by atoms with van der Waals surface area (Å²) in [6.07, 6.45) is 1.89. The minimum atomic E-state index is -0.192. The largest absolute Gasteiger partial charge is 0.307 e. The number of nitrogens with one attached hydrogen (secondary N) is 1. The topological polar surface area (TPSA) is 65.5 Å². The molecule has 2 aromatic rings. The molecule has 1 unspecified atom stereocenters. The van der Waals surface area contributed by atoms with Gasteiger partial charge in [0.25, 0.3) is 5.91 Å². The van der Waals surface area contributed by atoms with E-state index in [1.807, 2.05) is 37.2 Å². The van der Waals surface area contributed by atoms with E-state index in [2.05, 4.69) is 21.3 Å². The van der Waals surface area contributed by atoms with Gasteiger partial charge >= 0.3 is 0 Å². The van der Waals surface area contributed by atoms with E-state index >= 15 is 0 Å². The van der Waals surface area contributed by atoms with Crippen LogP contribution in [0.1, 0.15) is 29.4 Å². The lowest BCUT2D eigenvalue weighted by Gasteiger charge is -2.38. The van der Waals surface area contributed by atoms with E-state index in [-0.39, 0.29) is 17.9 Å². The zero-order chi connectivity index (χ0) is 18.0. The Morgan fingerprint density at radius 3 is 2.84 bits per heavy atom. The maximum absolute atomic E-state index is 13.2. The predicted molar refractivity (Wildman–Crippen MR) is 100 cm³/mol. The summed E-state index contributed by atoms with van der Waals surface area (Å²) >= 11 is 1.27. The van der Waals surface area contributed by atoms with Crippen molar-refractivity contribution in [1.29, 1.82) is 0 Å². The van der Waals surface area contributed by atoms with Crippen LogP contribution in [0, 0.1) is 0 Å². The smallest absolute Gasteiger partial charge is 0.278 e. The summed E-state index contributed by atoms with van der Waals surface area (Å²) in [6.45, 7) is 2.22. The lowest BCUT2D eigenvalue weighted by molar-refractivity contribution is -0.114. The summed E-state index contributed by atoms with van der Waals surface area (Å²) in [5.41, 5.74) is 2.51. The highest BCUT2D eigenvalue weighted by atomic mass is 32.1. The van der Waals surface area contributed by atoms with Crippen molar-refractivity contribution in [2.45, 2.75) is 25.8 Å². The highest BCUT2D eigenvalue weighted by Gasteiger charge is 2.32. The van der Waals surface area contributed by atoms with E-state index in [0.29, 0.717) is 10.8 Å². The third-order valence-electron chi connectivity index (χ3n) is 4.16. The molecule has 0 radical (unpaired) electrons. The molecular formula is C18H22N4O2S. The molecule has 25 heavy (non-hydrogen) atoms. The number of nitrogens with zero attached hydrogens (tertiary/aromatic N) is 3. The van der Waals surface area contributed by atoms with Crippen LogP contribution in [0.2, 0.25) is 0 Å². The van der Waals surface area contributed by atoms with E-state index in [1.165, 1.54) is 23.8 Å². The summed E-state index contributed by atoms with van der Waals surface area (Å²) in [5.74, 6) is -0.311. The Morgan fingerprint density at radius 1 is 1.36 bits per heavy atom. The van der Waals surface area contributed by atoms with Crippen LogP contribution < -0.4 is 10.2 Å². The van der Waals surface area contributed by atoms with E-state index in [9.17, 15) is 9.59 Å². The van der Waals surface area contributed by atoms with Gasteiger partial charge in [-0.25, -0.2) is 4.98 Å². The number of benzene rings is 1. The number of fused-ring (bicyclic) bond motifs is 1. The van der Waals surface area contributed by atoms with Crippen molar-refractivity contribution in [1.82, 2.24) is 9.88 Å². The van der Waals surface area contributed by atoms with E-state index in [1.54, 1.807) is 5.38 Å².